The van der Waals surface area contributed by atoms with Crippen molar-refractivity contribution in [2.24, 2.45) is 0 Å². The molecule has 70 valence electrons. The van der Waals surface area contributed by atoms with Crippen LogP contribution in [0.5, 0.6) is 11.6 Å². The third-order valence-electron chi connectivity index (χ3n) is 1.26. The Balaban J connectivity index is 2.64. The molecule has 0 fully saturated rings. The Bertz CT molecular complexity index is 281. The van der Waals surface area contributed by atoms with Gasteiger partial charge in [0.1, 0.15) is 5.75 Å². The summed E-state index contributed by atoms with van der Waals surface area (Å²) in [6.07, 6.45) is 1.45. The monoisotopic (exact) mass is 181 g/mol. The molecule has 0 aromatic carbocycles. The van der Waals surface area contributed by atoms with E-state index in [0.717, 1.165) is 0 Å². The minimum Gasteiger partial charge on any atom is -0.478 e. The summed E-state index contributed by atoms with van der Waals surface area (Å²) in [4.78, 5) is 14.5. The van der Waals surface area contributed by atoms with Crippen LogP contribution in [0.15, 0.2) is 18.3 Å². The average Bonchev–Trinajstić information content (AvgIpc) is 2.08. The highest BCUT2D eigenvalue weighted by Gasteiger charge is 1.98. The number of hydrogen-bond acceptors (Lipinski definition) is 4. The van der Waals surface area contributed by atoms with Gasteiger partial charge < -0.3 is 9.47 Å². The molecule has 0 saturated carbocycles. The predicted molar refractivity (Wildman–Crippen MR) is 46.7 cm³/mol. The first-order chi connectivity index (χ1) is 6.22. The van der Waals surface area contributed by atoms with Crippen LogP contribution in [0.1, 0.15) is 13.8 Å². The van der Waals surface area contributed by atoms with E-state index >= 15 is 0 Å². The van der Waals surface area contributed by atoms with Crippen molar-refractivity contribution in [1.82, 2.24) is 4.98 Å². The van der Waals surface area contributed by atoms with Crippen molar-refractivity contribution in [3.8, 4) is 11.6 Å². The van der Waals surface area contributed by atoms with Crippen LogP contribution in [-0.2, 0) is 4.79 Å². The Hall–Kier alpha value is -1.58. The summed E-state index contributed by atoms with van der Waals surface area (Å²) in [6, 6.07) is 3.29. The van der Waals surface area contributed by atoms with E-state index in [4.69, 9.17) is 9.47 Å². The van der Waals surface area contributed by atoms with Gasteiger partial charge in [0.05, 0.1) is 12.8 Å². The Morgan fingerprint density at radius 3 is 2.77 bits per heavy atom. The number of aromatic nitrogens is 1. The number of esters is 1. The molecule has 1 heterocycles. The highest BCUT2D eigenvalue weighted by atomic mass is 16.5. The molecule has 0 atom stereocenters. The number of ether oxygens (including phenoxy) is 2. The fourth-order valence-corrected chi connectivity index (χ4v) is 0.826. The summed E-state index contributed by atoms with van der Waals surface area (Å²) >= 11 is 0. The van der Waals surface area contributed by atoms with Gasteiger partial charge in [-0.05, 0) is 13.0 Å². The lowest BCUT2D eigenvalue weighted by Crippen LogP contribution is -2.02. The summed E-state index contributed by atoms with van der Waals surface area (Å²) in [5.74, 6) is 0.598. The van der Waals surface area contributed by atoms with Gasteiger partial charge in [0.15, 0.2) is 0 Å². The van der Waals surface area contributed by atoms with E-state index in [1.165, 1.54) is 13.1 Å². The quantitative estimate of drug-likeness (QED) is 0.661. The lowest BCUT2D eigenvalue weighted by atomic mass is 10.4. The van der Waals surface area contributed by atoms with Gasteiger partial charge in [0, 0.05) is 13.0 Å². The zero-order valence-electron chi connectivity index (χ0n) is 7.61. The molecule has 1 aromatic rings. The van der Waals surface area contributed by atoms with Gasteiger partial charge in [-0.15, -0.1) is 0 Å². The number of hydrogen-bond donors (Lipinski definition) is 0. The van der Waals surface area contributed by atoms with Gasteiger partial charge >= 0.3 is 5.97 Å². The van der Waals surface area contributed by atoms with Crippen molar-refractivity contribution in [3.63, 3.8) is 0 Å². The summed E-state index contributed by atoms with van der Waals surface area (Å²) in [5, 5.41) is 0. The van der Waals surface area contributed by atoms with Crippen LogP contribution in [-0.4, -0.2) is 17.6 Å². The molecular weight excluding hydrogens is 170 g/mol. The van der Waals surface area contributed by atoms with Crippen LogP contribution >= 0.6 is 0 Å². The molecule has 0 aliphatic carbocycles. The summed E-state index contributed by atoms with van der Waals surface area (Å²) in [6.45, 7) is 3.79. The second kappa shape index (κ2) is 4.45. The topological polar surface area (TPSA) is 48.4 Å². The highest BCUT2D eigenvalue weighted by molar-refractivity contribution is 5.69. The standard InChI is InChI=1S/C9H11NO3/c1-3-12-9-5-4-8(6-10-9)13-7(2)11/h4-6H,3H2,1-2H3. The Labute approximate surface area is 76.5 Å². The largest absolute Gasteiger partial charge is 0.478 e. The van der Waals surface area contributed by atoms with Crippen molar-refractivity contribution >= 4 is 5.97 Å². The van der Waals surface area contributed by atoms with Crippen LogP contribution in [0, 0.1) is 0 Å². The molecule has 4 nitrogen and oxygen atoms in total. The van der Waals surface area contributed by atoms with E-state index in [1.807, 2.05) is 6.92 Å². The zero-order valence-corrected chi connectivity index (χ0v) is 7.61. The summed E-state index contributed by atoms with van der Waals surface area (Å²) in [5.41, 5.74) is 0. The molecule has 0 unspecified atom stereocenters. The van der Waals surface area contributed by atoms with Gasteiger partial charge in [-0.3, -0.25) is 4.79 Å². The SMILES string of the molecule is CCOc1ccc(OC(C)=O)cn1. The van der Waals surface area contributed by atoms with Crippen LogP contribution in [0.4, 0.5) is 0 Å². The van der Waals surface area contributed by atoms with Crippen molar-refractivity contribution in [2.75, 3.05) is 6.61 Å². The van der Waals surface area contributed by atoms with E-state index in [0.29, 0.717) is 18.2 Å². The van der Waals surface area contributed by atoms with Crippen molar-refractivity contribution in [2.45, 2.75) is 13.8 Å². The van der Waals surface area contributed by atoms with Crippen LogP contribution in [0.2, 0.25) is 0 Å². The fourth-order valence-electron chi connectivity index (χ4n) is 0.826. The van der Waals surface area contributed by atoms with Gasteiger partial charge in [-0.25, -0.2) is 4.98 Å². The zero-order chi connectivity index (χ0) is 9.68. The molecule has 0 aliphatic heterocycles. The molecule has 4 heteroatoms. The van der Waals surface area contributed by atoms with Gasteiger partial charge in [0.25, 0.3) is 0 Å². The third kappa shape index (κ3) is 3.11. The van der Waals surface area contributed by atoms with Crippen LogP contribution in [0.25, 0.3) is 0 Å². The van der Waals surface area contributed by atoms with Crippen molar-refractivity contribution in [3.05, 3.63) is 18.3 Å². The maximum Gasteiger partial charge on any atom is 0.308 e. The van der Waals surface area contributed by atoms with Crippen LogP contribution < -0.4 is 9.47 Å². The second-order valence-corrected chi connectivity index (χ2v) is 2.36. The van der Waals surface area contributed by atoms with E-state index in [-0.39, 0.29) is 5.97 Å². The van der Waals surface area contributed by atoms with Gasteiger partial charge in [0.2, 0.25) is 5.88 Å². The maximum absolute atomic E-state index is 10.5. The minimum atomic E-state index is -0.356. The molecule has 0 radical (unpaired) electrons. The Kier molecular flexibility index (Phi) is 3.25. The fraction of sp³-hybridized carbons (Fsp3) is 0.333. The first kappa shape index (κ1) is 9.51. The molecule has 1 aromatic heterocycles. The van der Waals surface area contributed by atoms with Crippen molar-refractivity contribution < 1.29 is 14.3 Å². The molecule has 0 aliphatic rings. The number of pyridine rings is 1. The maximum atomic E-state index is 10.5. The summed E-state index contributed by atoms with van der Waals surface area (Å²) < 4.78 is 9.90. The van der Waals surface area contributed by atoms with E-state index in [9.17, 15) is 4.79 Å². The number of nitrogens with zero attached hydrogens (tertiary/aromatic N) is 1. The smallest absolute Gasteiger partial charge is 0.308 e. The molecule has 0 bridgehead atoms. The molecule has 13 heavy (non-hydrogen) atoms. The molecule has 0 N–H and O–H groups in total. The molecule has 0 spiro atoms. The normalized spacial score (nSPS) is 9.38. The predicted octanol–water partition coefficient (Wildman–Crippen LogP) is 1.41. The highest BCUT2D eigenvalue weighted by Crippen LogP contribution is 2.13. The number of rotatable bonds is 3. The minimum absolute atomic E-state index is 0.356. The van der Waals surface area contributed by atoms with Gasteiger partial charge in [-0.1, -0.05) is 0 Å². The molecular formula is C9H11NO3. The number of carbonyl (C=O) groups excluding carboxylic acids is 1. The third-order valence-corrected chi connectivity index (χ3v) is 1.26. The van der Waals surface area contributed by atoms with E-state index in [2.05, 4.69) is 4.98 Å². The second-order valence-electron chi connectivity index (χ2n) is 2.36. The molecule has 1 rings (SSSR count). The van der Waals surface area contributed by atoms with Gasteiger partial charge in [-0.2, -0.15) is 0 Å². The first-order valence-corrected chi connectivity index (χ1v) is 3.99. The van der Waals surface area contributed by atoms with Crippen molar-refractivity contribution in [1.29, 1.82) is 0 Å². The Morgan fingerprint density at radius 2 is 2.31 bits per heavy atom. The Morgan fingerprint density at radius 1 is 1.54 bits per heavy atom. The molecule has 0 saturated heterocycles. The lowest BCUT2D eigenvalue weighted by Gasteiger charge is -2.02. The lowest BCUT2D eigenvalue weighted by molar-refractivity contribution is -0.131. The number of carbonyl (C=O) groups is 1. The molecule has 0 amide bonds. The first-order valence-electron chi connectivity index (χ1n) is 3.99. The average molecular weight is 181 g/mol. The van der Waals surface area contributed by atoms with Crippen LogP contribution in [0.3, 0.4) is 0 Å². The van der Waals surface area contributed by atoms with E-state index in [1.54, 1.807) is 12.1 Å². The van der Waals surface area contributed by atoms with E-state index < -0.39 is 0 Å². The summed E-state index contributed by atoms with van der Waals surface area (Å²) in [7, 11) is 0.